The van der Waals surface area contributed by atoms with Crippen molar-refractivity contribution in [2.75, 3.05) is 6.26 Å². The summed E-state index contributed by atoms with van der Waals surface area (Å²) in [5, 5.41) is 8.71. The van der Waals surface area contributed by atoms with Crippen molar-refractivity contribution in [3.8, 4) is 0 Å². The third-order valence-electron chi connectivity index (χ3n) is 3.10. The van der Waals surface area contributed by atoms with Crippen molar-refractivity contribution in [1.82, 2.24) is 4.98 Å². The van der Waals surface area contributed by atoms with Gasteiger partial charge in [0.25, 0.3) is 0 Å². The second-order valence-electron chi connectivity index (χ2n) is 4.50. The minimum Gasteiger partial charge on any atom is -0.481 e. The van der Waals surface area contributed by atoms with E-state index in [1.54, 1.807) is 11.8 Å². The summed E-state index contributed by atoms with van der Waals surface area (Å²) >= 11 is 1.64. The van der Waals surface area contributed by atoms with E-state index in [4.69, 9.17) is 5.11 Å². The Labute approximate surface area is 122 Å². The van der Waals surface area contributed by atoms with Crippen LogP contribution in [-0.2, 0) is 11.2 Å². The van der Waals surface area contributed by atoms with E-state index in [1.165, 1.54) is 0 Å². The molecule has 0 aliphatic carbocycles. The topological polar surface area (TPSA) is 65.4 Å². The maximum atomic E-state index is 10.6. The summed E-state index contributed by atoms with van der Waals surface area (Å²) in [4.78, 5) is 19.6. The summed E-state index contributed by atoms with van der Waals surface area (Å²) < 4.78 is 0. The molecule has 5 heteroatoms. The summed E-state index contributed by atoms with van der Waals surface area (Å²) in [6, 6.07) is 3.93. The maximum Gasteiger partial charge on any atom is 0.303 e. The third kappa shape index (κ3) is 3.42. The lowest BCUT2D eigenvalue weighted by Gasteiger charge is -2.04. The summed E-state index contributed by atoms with van der Waals surface area (Å²) in [5.41, 5.74) is 4.00. The number of carbonyl (C=O) groups is 1. The van der Waals surface area contributed by atoms with Crippen LogP contribution in [0.15, 0.2) is 35.0 Å². The molecule has 106 valence electrons. The standard InChI is InChI=1S/C15H18N2O2S/c1-3-10-4-7-12(16-10)15(20-2)13-8-5-11(17-13)6-9-14(18)19/h4-5,7-8,17H,3,6,9H2,1-2H3,(H,18,19). The van der Waals surface area contributed by atoms with Gasteiger partial charge in [-0.1, -0.05) is 6.92 Å². The summed E-state index contributed by atoms with van der Waals surface area (Å²) in [6.07, 6.45) is 7.68. The van der Waals surface area contributed by atoms with Gasteiger partial charge >= 0.3 is 5.97 Å². The predicted molar refractivity (Wildman–Crippen MR) is 84.1 cm³/mol. The number of carboxylic acid groups (broad SMARTS) is 1. The highest BCUT2D eigenvalue weighted by Gasteiger charge is 2.12. The Balaban J connectivity index is 2.21. The van der Waals surface area contributed by atoms with Crippen molar-refractivity contribution >= 4 is 28.3 Å². The smallest absolute Gasteiger partial charge is 0.303 e. The fourth-order valence-electron chi connectivity index (χ4n) is 2.04. The molecule has 2 N–H and O–H groups in total. The van der Waals surface area contributed by atoms with Crippen molar-refractivity contribution in [2.24, 2.45) is 4.99 Å². The molecule has 0 unspecified atom stereocenters. The van der Waals surface area contributed by atoms with Gasteiger partial charge in [0.05, 0.1) is 22.7 Å². The molecule has 20 heavy (non-hydrogen) atoms. The molecule has 2 rings (SSSR count). The predicted octanol–water partition coefficient (Wildman–Crippen LogP) is 3.48. The van der Waals surface area contributed by atoms with Gasteiger partial charge in [-0.25, -0.2) is 0 Å². The minimum absolute atomic E-state index is 0.142. The van der Waals surface area contributed by atoms with E-state index in [1.807, 2.05) is 30.5 Å². The van der Waals surface area contributed by atoms with Crippen LogP contribution in [0.3, 0.4) is 0 Å². The molecule has 0 atom stereocenters. The highest BCUT2D eigenvalue weighted by Crippen LogP contribution is 2.31. The van der Waals surface area contributed by atoms with Gasteiger partial charge in [0, 0.05) is 11.4 Å². The third-order valence-corrected chi connectivity index (χ3v) is 3.93. The molecule has 0 radical (unpaired) electrons. The highest BCUT2D eigenvalue weighted by atomic mass is 32.2. The van der Waals surface area contributed by atoms with Crippen LogP contribution < -0.4 is 0 Å². The number of thioether (sulfide) groups is 1. The quantitative estimate of drug-likeness (QED) is 0.843. The van der Waals surface area contributed by atoms with Gasteiger partial charge in [-0.3, -0.25) is 9.79 Å². The van der Waals surface area contributed by atoms with E-state index in [9.17, 15) is 4.79 Å². The summed E-state index contributed by atoms with van der Waals surface area (Å²) in [7, 11) is 0. The number of hydrogen-bond donors (Lipinski definition) is 2. The molecule has 1 aromatic rings. The first kappa shape index (κ1) is 14.7. The molecule has 0 amide bonds. The molecule has 1 aliphatic heterocycles. The number of allylic oxidation sites excluding steroid dienone is 2. The number of nitrogens with one attached hydrogen (secondary N) is 1. The zero-order chi connectivity index (χ0) is 14.5. The number of aliphatic imine (C=N–C) groups is 1. The Bertz CT molecular complexity index is 597. The molecule has 1 aromatic heterocycles. The van der Waals surface area contributed by atoms with Crippen molar-refractivity contribution in [3.05, 3.63) is 41.4 Å². The summed E-state index contributed by atoms with van der Waals surface area (Å²) in [5.74, 6) is -0.777. The zero-order valence-electron chi connectivity index (χ0n) is 11.6. The number of aryl methyl sites for hydroxylation is 1. The van der Waals surface area contributed by atoms with Gasteiger partial charge in [-0.15, -0.1) is 11.8 Å². The molecule has 4 nitrogen and oxygen atoms in total. The van der Waals surface area contributed by atoms with Crippen molar-refractivity contribution in [1.29, 1.82) is 0 Å². The first-order valence-electron chi connectivity index (χ1n) is 6.58. The normalized spacial score (nSPS) is 16.4. The van der Waals surface area contributed by atoms with E-state index < -0.39 is 5.97 Å². The maximum absolute atomic E-state index is 10.6. The fraction of sp³-hybridized carbons (Fsp3) is 0.333. The molecule has 0 spiro atoms. The van der Waals surface area contributed by atoms with E-state index in [2.05, 4.69) is 16.9 Å². The van der Waals surface area contributed by atoms with E-state index >= 15 is 0 Å². The molecule has 0 saturated carbocycles. The number of aromatic amines is 1. The Kier molecular flexibility index (Phi) is 4.84. The zero-order valence-corrected chi connectivity index (χ0v) is 12.5. The molecule has 2 heterocycles. The second kappa shape index (κ2) is 6.61. The number of aliphatic carboxylic acids is 1. The largest absolute Gasteiger partial charge is 0.481 e. The Morgan fingerprint density at radius 2 is 2.20 bits per heavy atom. The molecule has 0 fully saturated rings. The Hall–Kier alpha value is -1.75. The van der Waals surface area contributed by atoms with Crippen LogP contribution in [0.1, 0.15) is 31.2 Å². The lowest BCUT2D eigenvalue weighted by molar-refractivity contribution is -0.136. The highest BCUT2D eigenvalue weighted by molar-refractivity contribution is 8.07. The van der Waals surface area contributed by atoms with Crippen LogP contribution >= 0.6 is 11.8 Å². The van der Waals surface area contributed by atoms with E-state index in [0.717, 1.165) is 34.1 Å². The Morgan fingerprint density at radius 3 is 2.80 bits per heavy atom. The van der Waals surface area contributed by atoms with Crippen LogP contribution in [0, 0.1) is 0 Å². The SMILES string of the molecule is CCC1=NC(=C(SC)c2ccc(CCC(=O)O)[nH]2)C=C1. The van der Waals surface area contributed by atoms with Crippen LogP contribution in [0.5, 0.6) is 0 Å². The van der Waals surface area contributed by atoms with Gasteiger partial charge in [-0.05, 0) is 43.4 Å². The number of H-pyrrole nitrogens is 1. The monoisotopic (exact) mass is 290 g/mol. The van der Waals surface area contributed by atoms with E-state index in [-0.39, 0.29) is 6.42 Å². The molecular formula is C15H18N2O2S. The molecule has 0 saturated heterocycles. The first-order chi connectivity index (χ1) is 9.63. The van der Waals surface area contributed by atoms with Crippen molar-refractivity contribution in [3.63, 3.8) is 0 Å². The molecule has 1 aliphatic rings. The second-order valence-corrected chi connectivity index (χ2v) is 5.32. The van der Waals surface area contributed by atoms with Gasteiger partial charge in [0.2, 0.25) is 0 Å². The van der Waals surface area contributed by atoms with Gasteiger partial charge in [0.15, 0.2) is 0 Å². The lowest BCUT2D eigenvalue weighted by atomic mass is 10.2. The number of aromatic nitrogens is 1. The average Bonchev–Trinajstić information content (AvgIpc) is 3.07. The fourth-order valence-corrected chi connectivity index (χ4v) is 2.70. The van der Waals surface area contributed by atoms with Crippen molar-refractivity contribution < 1.29 is 9.90 Å². The van der Waals surface area contributed by atoms with E-state index in [0.29, 0.717) is 6.42 Å². The average molecular weight is 290 g/mol. The number of hydrogen-bond acceptors (Lipinski definition) is 3. The molecule has 0 aromatic carbocycles. The first-order valence-corrected chi connectivity index (χ1v) is 7.80. The minimum atomic E-state index is -0.777. The van der Waals surface area contributed by atoms with Crippen LogP contribution in [-0.4, -0.2) is 28.0 Å². The van der Waals surface area contributed by atoms with Gasteiger partial charge in [0.1, 0.15) is 0 Å². The van der Waals surface area contributed by atoms with Crippen molar-refractivity contribution in [2.45, 2.75) is 26.2 Å². The Morgan fingerprint density at radius 1 is 1.40 bits per heavy atom. The molecular weight excluding hydrogens is 272 g/mol. The van der Waals surface area contributed by atoms with Crippen LogP contribution in [0.25, 0.3) is 4.91 Å². The lowest BCUT2D eigenvalue weighted by Crippen LogP contribution is -1.97. The van der Waals surface area contributed by atoms with Gasteiger partial charge in [-0.2, -0.15) is 0 Å². The van der Waals surface area contributed by atoms with Crippen LogP contribution in [0.4, 0.5) is 0 Å². The van der Waals surface area contributed by atoms with Gasteiger partial charge < -0.3 is 10.1 Å². The molecule has 0 bridgehead atoms. The van der Waals surface area contributed by atoms with Crippen LogP contribution in [0.2, 0.25) is 0 Å². The summed E-state index contributed by atoms with van der Waals surface area (Å²) in [6.45, 7) is 2.09. The number of nitrogens with zero attached hydrogens (tertiary/aromatic N) is 1. The number of rotatable bonds is 6. The number of carboxylic acids is 1.